The van der Waals surface area contributed by atoms with Gasteiger partial charge < -0.3 is 24.1 Å². The Bertz CT molecular complexity index is 951. The number of aliphatic carboxylic acids is 1. The van der Waals surface area contributed by atoms with Crippen LogP contribution < -0.4 is 14.2 Å². The summed E-state index contributed by atoms with van der Waals surface area (Å²) in [7, 11) is 0. The maximum absolute atomic E-state index is 11.3. The van der Waals surface area contributed by atoms with Crippen molar-refractivity contribution in [2.45, 2.75) is 83.0 Å². The van der Waals surface area contributed by atoms with E-state index in [-0.39, 0.29) is 0 Å². The molecule has 2 fully saturated rings. The van der Waals surface area contributed by atoms with Crippen molar-refractivity contribution < 1.29 is 28.8 Å². The molecule has 0 aromatic heterocycles. The number of carbonyl (C=O) groups is 1. The Kier molecular flexibility index (Phi) is 9.68. The normalized spacial score (nSPS) is 17.5. The Morgan fingerprint density at radius 3 is 2.03 bits per heavy atom. The second-order valence-electron chi connectivity index (χ2n) is 9.63. The van der Waals surface area contributed by atoms with Gasteiger partial charge in [0.2, 0.25) is 0 Å². The molecule has 1 N–H and O–H groups in total. The lowest BCUT2D eigenvalue weighted by molar-refractivity contribution is -0.149. The van der Waals surface area contributed by atoms with Gasteiger partial charge in [0.1, 0.15) is 23.9 Å². The van der Waals surface area contributed by atoms with E-state index >= 15 is 0 Å². The number of hydrogen-bond acceptors (Lipinski definition) is 5. The Morgan fingerprint density at radius 2 is 1.50 bits per heavy atom. The zero-order chi connectivity index (χ0) is 25.2. The van der Waals surface area contributed by atoms with Crippen molar-refractivity contribution in [2.24, 2.45) is 0 Å². The first-order valence-corrected chi connectivity index (χ1v) is 13.3. The lowest BCUT2D eigenvalue weighted by atomic mass is 10.1. The molecule has 0 radical (unpaired) electrons. The first-order valence-electron chi connectivity index (χ1n) is 13.3. The monoisotopic (exact) mass is 494 g/mol. The molecule has 0 amide bonds. The van der Waals surface area contributed by atoms with Crippen LogP contribution in [-0.2, 0) is 16.0 Å². The van der Waals surface area contributed by atoms with Gasteiger partial charge in [0.05, 0.1) is 12.2 Å². The van der Waals surface area contributed by atoms with Crippen LogP contribution in [0.25, 0.3) is 6.08 Å². The number of hydrogen-bond donors (Lipinski definition) is 1. The second kappa shape index (κ2) is 13.4. The molecule has 0 bridgehead atoms. The molecular weight excluding hydrogens is 456 g/mol. The summed E-state index contributed by atoms with van der Waals surface area (Å²) < 4.78 is 23.7. The van der Waals surface area contributed by atoms with Crippen molar-refractivity contribution >= 4 is 12.0 Å². The minimum atomic E-state index is -0.947. The molecule has 6 heteroatoms. The standard InChI is InChI=1S/C30H38O6/c1-2-33-29(30(31)32)20-22-13-15-24(16-14-22)34-17-7-8-23-18-27(35-25-9-3-4-10-25)21-28(19-23)36-26-11-5-6-12-26/h7-8,13-16,18-19,21,25-26,29H,2-6,9-12,17,20H2,1H3,(H,31,32)/b8-7+/t29-/m0/s1. The zero-order valence-electron chi connectivity index (χ0n) is 21.2. The molecule has 4 rings (SSSR count). The summed E-state index contributed by atoms with van der Waals surface area (Å²) in [5.74, 6) is 1.53. The van der Waals surface area contributed by atoms with Crippen LogP contribution in [0.15, 0.2) is 48.5 Å². The SMILES string of the molecule is CCO[C@@H](Cc1ccc(OC/C=C/c2cc(OC3CCCC3)cc(OC3CCCC3)c2)cc1)C(=O)O. The summed E-state index contributed by atoms with van der Waals surface area (Å²) in [5.41, 5.74) is 1.93. The number of rotatable bonds is 13. The van der Waals surface area contributed by atoms with Crippen LogP contribution in [0.5, 0.6) is 17.2 Å². The highest BCUT2D eigenvalue weighted by atomic mass is 16.5. The fraction of sp³-hybridized carbons (Fsp3) is 0.500. The number of carboxylic acid groups (broad SMARTS) is 1. The number of ether oxygens (including phenoxy) is 4. The summed E-state index contributed by atoms with van der Waals surface area (Å²) >= 11 is 0. The molecule has 194 valence electrons. The van der Waals surface area contributed by atoms with Gasteiger partial charge in [-0.3, -0.25) is 0 Å². The van der Waals surface area contributed by atoms with Crippen LogP contribution in [0.1, 0.15) is 69.4 Å². The Labute approximate surface area is 214 Å². The molecule has 0 heterocycles. The molecular formula is C30H38O6. The Hall–Kier alpha value is -2.99. The van der Waals surface area contributed by atoms with Crippen molar-refractivity contribution in [3.05, 3.63) is 59.7 Å². The molecule has 1 atom stereocenters. The van der Waals surface area contributed by atoms with Gasteiger partial charge in [-0.15, -0.1) is 0 Å². The van der Waals surface area contributed by atoms with Gasteiger partial charge >= 0.3 is 5.97 Å². The third kappa shape index (κ3) is 8.02. The van der Waals surface area contributed by atoms with E-state index < -0.39 is 12.1 Å². The molecule has 2 saturated carbocycles. The van der Waals surface area contributed by atoms with Crippen LogP contribution in [0, 0.1) is 0 Å². The van der Waals surface area contributed by atoms with Crippen molar-refractivity contribution in [3.63, 3.8) is 0 Å². The fourth-order valence-electron chi connectivity index (χ4n) is 4.91. The molecule has 2 aromatic rings. The highest BCUT2D eigenvalue weighted by molar-refractivity contribution is 5.72. The van der Waals surface area contributed by atoms with E-state index in [4.69, 9.17) is 18.9 Å². The quantitative estimate of drug-likeness (QED) is 0.345. The topological polar surface area (TPSA) is 74.2 Å². The van der Waals surface area contributed by atoms with Crippen molar-refractivity contribution in [3.8, 4) is 17.2 Å². The van der Waals surface area contributed by atoms with Crippen molar-refractivity contribution in [2.75, 3.05) is 13.2 Å². The molecule has 2 aromatic carbocycles. The van der Waals surface area contributed by atoms with Gasteiger partial charge in [-0.1, -0.05) is 18.2 Å². The van der Waals surface area contributed by atoms with Crippen molar-refractivity contribution in [1.29, 1.82) is 0 Å². The molecule has 0 unspecified atom stereocenters. The van der Waals surface area contributed by atoms with Gasteiger partial charge in [0.25, 0.3) is 0 Å². The molecule has 0 aliphatic heterocycles. The van der Waals surface area contributed by atoms with E-state index in [2.05, 4.69) is 12.1 Å². The van der Waals surface area contributed by atoms with Crippen LogP contribution in [0.4, 0.5) is 0 Å². The number of carboxylic acids is 1. The fourth-order valence-corrected chi connectivity index (χ4v) is 4.91. The molecule has 2 aliphatic carbocycles. The van der Waals surface area contributed by atoms with Crippen LogP contribution >= 0.6 is 0 Å². The molecule has 6 nitrogen and oxygen atoms in total. The average Bonchev–Trinajstić information content (AvgIpc) is 3.57. The van der Waals surface area contributed by atoms with Crippen LogP contribution in [0.2, 0.25) is 0 Å². The summed E-state index contributed by atoms with van der Waals surface area (Å²) in [4.78, 5) is 11.3. The Morgan fingerprint density at radius 1 is 0.917 bits per heavy atom. The van der Waals surface area contributed by atoms with E-state index in [9.17, 15) is 9.90 Å². The minimum absolute atomic E-state index is 0.300. The first kappa shape index (κ1) is 26.1. The predicted octanol–water partition coefficient (Wildman–Crippen LogP) is 6.45. The predicted molar refractivity (Wildman–Crippen MR) is 140 cm³/mol. The number of benzene rings is 2. The average molecular weight is 495 g/mol. The summed E-state index contributed by atoms with van der Waals surface area (Å²) in [6.45, 7) is 2.58. The minimum Gasteiger partial charge on any atom is -0.490 e. The summed E-state index contributed by atoms with van der Waals surface area (Å²) in [6, 6.07) is 13.7. The smallest absolute Gasteiger partial charge is 0.333 e. The Balaban J connectivity index is 1.34. The zero-order valence-corrected chi connectivity index (χ0v) is 21.2. The maximum atomic E-state index is 11.3. The first-order chi connectivity index (χ1) is 17.6. The van der Waals surface area contributed by atoms with Gasteiger partial charge in [-0.25, -0.2) is 4.79 Å². The van der Waals surface area contributed by atoms with E-state index in [0.717, 1.165) is 54.1 Å². The summed E-state index contributed by atoms with van der Waals surface area (Å²) in [5, 5.41) is 9.26. The van der Waals surface area contributed by atoms with E-state index in [1.54, 1.807) is 6.92 Å². The largest absolute Gasteiger partial charge is 0.490 e. The van der Waals surface area contributed by atoms with Crippen molar-refractivity contribution in [1.82, 2.24) is 0 Å². The van der Waals surface area contributed by atoms with E-state index in [1.165, 1.54) is 25.7 Å². The lowest BCUT2D eigenvalue weighted by Crippen LogP contribution is -2.26. The third-order valence-electron chi connectivity index (χ3n) is 6.76. The van der Waals surface area contributed by atoms with E-state index in [1.807, 2.05) is 42.5 Å². The van der Waals surface area contributed by atoms with Gasteiger partial charge in [-0.2, -0.15) is 0 Å². The van der Waals surface area contributed by atoms with E-state index in [0.29, 0.717) is 31.8 Å². The molecule has 0 saturated heterocycles. The van der Waals surface area contributed by atoms with Gasteiger partial charge in [-0.05, 0) is 99.8 Å². The second-order valence-corrected chi connectivity index (χ2v) is 9.63. The van der Waals surface area contributed by atoms with Crippen LogP contribution in [-0.4, -0.2) is 42.6 Å². The highest BCUT2D eigenvalue weighted by Crippen LogP contribution is 2.31. The molecule has 0 spiro atoms. The summed E-state index contributed by atoms with van der Waals surface area (Å²) in [6.07, 6.45) is 13.5. The van der Waals surface area contributed by atoms with Crippen LogP contribution in [0.3, 0.4) is 0 Å². The molecule has 2 aliphatic rings. The third-order valence-corrected chi connectivity index (χ3v) is 6.76. The highest BCUT2D eigenvalue weighted by Gasteiger charge is 2.20. The maximum Gasteiger partial charge on any atom is 0.333 e. The molecule has 36 heavy (non-hydrogen) atoms. The van der Waals surface area contributed by atoms with Gasteiger partial charge in [0.15, 0.2) is 6.10 Å². The van der Waals surface area contributed by atoms with Gasteiger partial charge in [0, 0.05) is 19.1 Å². The lowest BCUT2D eigenvalue weighted by Gasteiger charge is -2.17.